The Hall–Kier alpha value is -1.60. The third-order valence-corrected chi connectivity index (χ3v) is 5.64. The minimum absolute atomic E-state index is 0.0320. The highest BCUT2D eigenvalue weighted by molar-refractivity contribution is 7.89. The van der Waals surface area contributed by atoms with Gasteiger partial charge in [0.2, 0.25) is 10.0 Å². The van der Waals surface area contributed by atoms with Crippen LogP contribution in [0.5, 0.6) is 0 Å². The van der Waals surface area contributed by atoms with Gasteiger partial charge in [-0.15, -0.1) is 0 Å². The van der Waals surface area contributed by atoms with E-state index in [1.54, 1.807) is 45.0 Å². The Morgan fingerprint density at radius 2 is 1.77 bits per heavy atom. The number of carbonyl (C=O) groups is 1. The van der Waals surface area contributed by atoms with Gasteiger partial charge in [0.15, 0.2) is 0 Å². The summed E-state index contributed by atoms with van der Waals surface area (Å²) in [6.07, 6.45) is 0. The quantitative estimate of drug-likeness (QED) is 0.775. The smallest absolute Gasteiger partial charge is 0.251 e. The van der Waals surface area contributed by atoms with E-state index in [1.165, 1.54) is 18.2 Å². The number of benzene rings is 2. The summed E-state index contributed by atoms with van der Waals surface area (Å²) in [5, 5.41) is 3.68. The summed E-state index contributed by atoms with van der Waals surface area (Å²) in [4.78, 5) is 12.4. The van der Waals surface area contributed by atoms with E-state index in [0.717, 1.165) is 0 Å². The zero-order chi connectivity index (χ0) is 19.5. The molecule has 2 rings (SSSR count). The minimum atomic E-state index is -3.72. The molecule has 0 aliphatic rings. The van der Waals surface area contributed by atoms with E-state index in [-0.39, 0.29) is 17.0 Å². The second-order valence-corrected chi connectivity index (χ2v) is 9.33. The molecule has 0 saturated carbocycles. The van der Waals surface area contributed by atoms with Crippen LogP contribution >= 0.6 is 23.2 Å². The first-order valence-electron chi connectivity index (χ1n) is 7.84. The van der Waals surface area contributed by atoms with Crippen molar-refractivity contribution in [2.45, 2.75) is 37.8 Å². The zero-order valence-corrected chi connectivity index (χ0v) is 17.0. The number of halogens is 2. The molecule has 0 aliphatic heterocycles. The van der Waals surface area contributed by atoms with Crippen molar-refractivity contribution in [3.8, 4) is 0 Å². The van der Waals surface area contributed by atoms with Gasteiger partial charge in [-0.25, -0.2) is 13.1 Å². The molecule has 26 heavy (non-hydrogen) atoms. The standard InChI is InChI=1S/C18H20Cl2N2O3S/c1-18(2,3)22-26(24,25)15-6-4-5-12(9-15)17(23)21-11-13-7-8-14(19)10-16(13)20/h4-10,22H,11H2,1-3H3,(H,21,23). The van der Waals surface area contributed by atoms with Crippen molar-refractivity contribution in [1.29, 1.82) is 0 Å². The molecular formula is C18H20Cl2N2O3S. The summed E-state index contributed by atoms with van der Waals surface area (Å²) in [5.74, 6) is -0.399. The molecule has 0 atom stereocenters. The number of amides is 1. The fourth-order valence-corrected chi connectivity index (χ4v) is 4.15. The summed E-state index contributed by atoms with van der Waals surface area (Å²) in [7, 11) is -3.72. The lowest BCUT2D eigenvalue weighted by molar-refractivity contribution is 0.0950. The molecule has 0 spiro atoms. The highest BCUT2D eigenvalue weighted by atomic mass is 35.5. The minimum Gasteiger partial charge on any atom is -0.348 e. The van der Waals surface area contributed by atoms with Gasteiger partial charge in [-0.2, -0.15) is 0 Å². The van der Waals surface area contributed by atoms with Crippen LogP contribution in [0, 0.1) is 0 Å². The number of carbonyl (C=O) groups excluding carboxylic acids is 1. The predicted molar refractivity (Wildman–Crippen MR) is 104 cm³/mol. The summed E-state index contributed by atoms with van der Waals surface area (Å²) in [6.45, 7) is 5.44. The average Bonchev–Trinajstić information content (AvgIpc) is 2.51. The molecule has 2 aromatic carbocycles. The Kier molecular flexibility index (Phi) is 6.34. The molecule has 0 aliphatic carbocycles. The van der Waals surface area contributed by atoms with Gasteiger partial charge in [-0.05, 0) is 56.7 Å². The molecule has 140 valence electrons. The number of rotatable bonds is 5. The summed E-state index contributed by atoms with van der Waals surface area (Å²) in [6, 6.07) is 10.9. The van der Waals surface area contributed by atoms with Crippen LogP contribution in [0.15, 0.2) is 47.4 Å². The van der Waals surface area contributed by atoms with Gasteiger partial charge in [-0.3, -0.25) is 4.79 Å². The molecule has 2 aromatic rings. The highest BCUT2D eigenvalue weighted by Crippen LogP contribution is 2.21. The lowest BCUT2D eigenvalue weighted by Gasteiger charge is -2.20. The van der Waals surface area contributed by atoms with E-state index in [4.69, 9.17) is 23.2 Å². The van der Waals surface area contributed by atoms with E-state index < -0.39 is 21.5 Å². The third kappa shape index (κ3) is 5.71. The van der Waals surface area contributed by atoms with Gasteiger partial charge in [-0.1, -0.05) is 35.3 Å². The summed E-state index contributed by atoms with van der Waals surface area (Å²) >= 11 is 11.9. The largest absolute Gasteiger partial charge is 0.348 e. The maximum atomic E-state index is 12.4. The first-order chi connectivity index (χ1) is 12.0. The van der Waals surface area contributed by atoms with E-state index in [9.17, 15) is 13.2 Å². The molecule has 0 bridgehead atoms. The summed E-state index contributed by atoms with van der Waals surface area (Å²) in [5.41, 5.74) is 0.331. The van der Waals surface area contributed by atoms with Crippen LogP contribution in [0.1, 0.15) is 36.7 Å². The van der Waals surface area contributed by atoms with Crippen LogP contribution in [0.3, 0.4) is 0 Å². The van der Waals surface area contributed by atoms with Gasteiger partial charge in [0, 0.05) is 27.7 Å². The molecule has 2 N–H and O–H groups in total. The molecule has 0 fully saturated rings. The van der Waals surface area contributed by atoms with E-state index in [2.05, 4.69) is 10.0 Å². The van der Waals surface area contributed by atoms with Crippen molar-refractivity contribution < 1.29 is 13.2 Å². The van der Waals surface area contributed by atoms with Crippen molar-refractivity contribution in [2.75, 3.05) is 0 Å². The van der Waals surface area contributed by atoms with Crippen LogP contribution < -0.4 is 10.0 Å². The SMILES string of the molecule is CC(C)(C)NS(=O)(=O)c1cccc(C(=O)NCc2ccc(Cl)cc2Cl)c1. The average molecular weight is 415 g/mol. The summed E-state index contributed by atoms with van der Waals surface area (Å²) < 4.78 is 27.4. The van der Waals surface area contributed by atoms with Crippen molar-refractivity contribution in [1.82, 2.24) is 10.0 Å². The molecule has 0 aromatic heterocycles. The van der Waals surface area contributed by atoms with E-state index >= 15 is 0 Å². The Morgan fingerprint density at radius 1 is 1.08 bits per heavy atom. The monoisotopic (exact) mass is 414 g/mol. The van der Waals surface area contributed by atoms with E-state index in [0.29, 0.717) is 15.6 Å². The Morgan fingerprint density at radius 3 is 2.38 bits per heavy atom. The van der Waals surface area contributed by atoms with Crippen molar-refractivity contribution in [3.63, 3.8) is 0 Å². The topological polar surface area (TPSA) is 75.3 Å². The maximum Gasteiger partial charge on any atom is 0.251 e. The molecule has 0 radical (unpaired) electrons. The van der Waals surface area contributed by atoms with Gasteiger partial charge in [0.25, 0.3) is 5.91 Å². The van der Waals surface area contributed by atoms with Crippen LogP contribution in [0.4, 0.5) is 0 Å². The van der Waals surface area contributed by atoms with Crippen LogP contribution in [0.2, 0.25) is 10.0 Å². The van der Waals surface area contributed by atoms with Crippen molar-refractivity contribution in [2.24, 2.45) is 0 Å². The fraction of sp³-hybridized carbons (Fsp3) is 0.278. The molecule has 5 nitrogen and oxygen atoms in total. The zero-order valence-electron chi connectivity index (χ0n) is 14.6. The van der Waals surface area contributed by atoms with Crippen LogP contribution in [0.25, 0.3) is 0 Å². The predicted octanol–water partition coefficient (Wildman–Crippen LogP) is 4.00. The molecular weight excluding hydrogens is 395 g/mol. The number of hydrogen-bond acceptors (Lipinski definition) is 3. The highest BCUT2D eigenvalue weighted by Gasteiger charge is 2.22. The lowest BCUT2D eigenvalue weighted by atomic mass is 10.1. The normalized spacial score (nSPS) is 12.0. The molecule has 0 saturated heterocycles. The maximum absolute atomic E-state index is 12.4. The van der Waals surface area contributed by atoms with E-state index in [1.807, 2.05) is 0 Å². The molecule has 8 heteroatoms. The lowest BCUT2D eigenvalue weighted by Crippen LogP contribution is -2.40. The first-order valence-corrected chi connectivity index (χ1v) is 10.1. The fourth-order valence-electron chi connectivity index (χ4n) is 2.21. The van der Waals surface area contributed by atoms with Crippen LogP contribution in [-0.2, 0) is 16.6 Å². The Bertz CT molecular complexity index is 922. The second-order valence-electron chi connectivity index (χ2n) is 6.80. The Labute approximate surface area is 163 Å². The van der Waals surface area contributed by atoms with Gasteiger partial charge >= 0.3 is 0 Å². The van der Waals surface area contributed by atoms with Gasteiger partial charge < -0.3 is 5.32 Å². The number of hydrogen-bond donors (Lipinski definition) is 2. The third-order valence-electron chi connectivity index (χ3n) is 3.30. The second kappa shape index (κ2) is 7.96. The number of nitrogens with one attached hydrogen (secondary N) is 2. The van der Waals surface area contributed by atoms with Crippen LogP contribution in [-0.4, -0.2) is 19.9 Å². The first kappa shape index (κ1) is 20.7. The molecule has 1 amide bonds. The number of sulfonamides is 1. The van der Waals surface area contributed by atoms with Crippen molar-refractivity contribution >= 4 is 39.1 Å². The van der Waals surface area contributed by atoms with Gasteiger partial charge in [0.05, 0.1) is 4.90 Å². The molecule has 0 heterocycles. The van der Waals surface area contributed by atoms with Gasteiger partial charge in [0.1, 0.15) is 0 Å². The molecule has 0 unspecified atom stereocenters. The van der Waals surface area contributed by atoms with Crippen molar-refractivity contribution in [3.05, 3.63) is 63.6 Å². The Balaban J connectivity index is 2.15.